The van der Waals surface area contributed by atoms with Gasteiger partial charge >= 0.3 is 0 Å². The third kappa shape index (κ3) is 3.13. The topological polar surface area (TPSA) is 49.3 Å². The summed E-state index contributed by atoms with van der Waals surface area (Å²) in [6.45, 7) is 2.12. The second kappa shape index (κ2) is 6.63. The molecular formula is C15H20BrF2NO2S. The number of aryl methyl sites for hydroxylation is 1. The van der Waals surface area contributed by atoms with E-state index in [4.69, 9.17) is 0 Å². The van der Waals surface area contributed by atoms with E-state index in [0.717, 1.165) is 5.56 Å². The van der Waals surface area contributed by atoms with Gasteiger partial charge in [-0.1, -0.05) is 22.0 Å². The lowest BCUT2D eigenvalue weighted by Crippen LogP contribution is -2.60. The second-order valence-electron chi connectivity index (χ2n) is 5.87. The predicted molar refractivity (Wildman–Crippen MR) is 87.2 cm³/mol. The van der Waals surface area contributed by atoms with Gasteiger partial charge in [-0.05, 0) is 56.4 Å². The van der Waals surface area contributed by atoms with Crippen LogP contribution < -0.4 is 4.72 Å². The molecule has 2 N–H and O–H groups in total. The molecule has 0 bridgehead atoms. The molecule has 0 saturated carbocycles. The van der Waals surface area contributed by atoms with Gasteiger partial charge in [-0.3, -0.25) is 0 Å². The normalized spacial score (nSPS) is 23.4. The molecule has 0 fully saturated rings. The average Bonchev–Trinajstić information content (AvgIpc) is 2.47. The van der Waals surface area contributed by atoms with E-state index in [0.29, 0.717) is 22.9 Å². The van der Waals surface area contributed by atoms with Crippen LogP contribution in [0.15, 0.2) is 22.7 Å². The summed E-state index contributed by atoms with van der Waals surface area (Å²) in [5.74, 6) is -3.41. The van der Waals surface area contributed by atoms with Crippen molar-refractivity contribution in [1.29, 1.82) is 0 Å². The summed E-state index contributed by atoms with van der Waals surface area (Å²) in [5, 5.41) is 8.96. The first kappa shape index (κ1) is 18.0. The molecule has 1 aromatic carbocycles. The van der Waals surface area contributed by atoms with Crippen LogP contribution in [0, 0.1) is 0 Å². The van der Waals surface area contributed by atoms with Crippen LogP contribution in [0.4, 0.5) is 8.78 Å². The van der Waals surface area contributed by atoms with Crippen molar-refractivity contribution in [3.63, 3.8) is 0 Å². The van der Waals surface area contributed by atoms with Crippen LogP contribution >= 0.6 is 15.9 Å². The zero-order valence-corrected chi connectivity index (χ0v) is 14.9. The lowest BCUT2D eigenvalue weighted by molar-refractivity contribution is -0.125. The molecule has 2 rings (SSSR count). The zero-order valence-electron chi connectivity index (χ0n) is 12.5. The molecule has 3 nitrogen and oxygen atoms in total. The maximum atomic E-state index is 14.7. The SMILES string of the molecule is CC(C)S(=O)N[C@]1(C(F)(F)CO)CCCc2ccc(Br)cc21. The Kier molecular flexibility index (Phi) is 5.42. The Morgan fingerprint density at radius 3 is 2.77 bits per heavy atom. The number of aliphatic hydroxyl groups excluding tert-OH is 1. The minimum atomic E-state index is -3.41. The number of halogens is 3. The smallest absolute Gasteiger partial charge is 0.293 e. The van der Waals surface area contributed by atoms with E-state index in [9.17, 15) is 18.1 Å². The predicted octanol–water partition coefficient (Wildman–Crippen LogP) is 3.27. The Labute approximate surface area is 140 Å². The summed E-state index contributed by atoms with van der Waals surface area (Å²) in [6, 6.07) is 5.26. The van der Waals surface area contributed by atoms with Gasteiger partial charge in [0.05, 0.1) is 11.0 Å². The van der Waals surface area contributed by atoms with Gasteiger partial charge < -0.3 is 5.11 Å². The van der Waals surface area contributed by atoms with E-state index < -0.39 is 29.1 Å². The highest BCUT2D eigenvalue weighted by Crippen LogP contribution is 2.47. The highest BCUT2D eigenvalue weighted by Gasteiger charge is 2.57. The number of fused-ring (bicyclic) bond motifs is 1. The lowest BCUT2D eigenvalue weighted by atomic mass is 9.73. The summed E-state index contributed by atoms with van der Waals surface area (Å²) in [4.78, 5) is 0. The van der Waals surface area contributed by atoms with E-state index in [-0.39, 0.29) is 11.7 Å². The second-order valence-corrected chi connectivity index (χ2v) is 8.53. The third-order valence-electron chi connectivity index (χ3n) is 4.06. The Bertz CT molecular complexity index is 583. The summed E-state index contributed by atoms with van der Waals surface area (Å²) >= 11 is 3.31. The van der Waals surface area contributed by atoms with E-state index in [2.05, 4.69) is 20.7 Å². The van der Waals surface area contributed by atoms with Gasteiger partial charge in [0.15, 0.2) is 0 Å². The molecule has 0 spiro atoms. The van der Waals surface area contributed by atoms with Crippen LogP contribution in [-0.4, -0.2) is 27.1 Å². The van der Waals surface area contributed by atoms with Gasteiger partial charge in [0.25, 0.3) is 5.92 Å². The fourth-order valence-electron chi connectivity index (χ4n) is 2.83. The first-order valence-corrected chi connectivity index (χ1v) is 9.20. The molecule has 124 valence electrons. The van der Waals surface area contributed by atoms with Gasteiger partial charge in [-0.25, -0.2) is 17.7 Å². The summed E-state index contributed by atoms with van der Waals surface area (Å²) in [7, 11) is -1.63. The van der Waals surface area contributed by atoms with Crippen molar-refractivity contribution in [1.82, 2.24) is 4.72 Å². The van der Waals surface area contributed by atoms with Crippen LogP contribution in [0.25, 0.3) is 0 Å². The van der Waals surface area contributed by atoms with E-state index in [1.54, 1.807) is 26.0 Å². The zero-order chi connectivity index (χ0) is 16.5. The molecule has 0 saturated heterocycles. The molecular weight excluding hydrogens is 376 g/mol. The molecule has 7 heteroatoms. The number of alkyl halides is 2. The summed E-state index contributed by atoms with van der Waals surface area (Å²) in [6.07, 6.45) is 1.37. The molecule has 0 heterocycles. The van der Waals surface area contributed by atoms with Crippen molar-refractivity contribution >= 4 is 26.9 Å². The molecule has 1 aliphatic carbocycles. The molecule has 0 amide bonds. The van der Waals surface area contributed by atoms with Crippen LogP contribution in [-0.2, 0) is 22.9 Å². The van der Waals surface area contributed by atoms with Gasteiger partial charge in [0.1, 0.15) is 12.1 Å². The van der Waals surface area contributed by atoms with E-state index >= 15 is 0 Å². The number of benzene rings is 1. The minimum Gasteiger partial charge on any atom is -0.390 e. The molecule has 1 aliphatic rings. The number of aliphatic hydroxyl groups is 1. The standard InChI is InChI=1S/C15H20BrF2NO2S/c1-10(2)22(21)19-14(15(17,18)9-20)7-3-4-11-5-6-12(16)8-13(11)14/h5-6,8,10,19-20H,3-4,7,9H2,1-2H3/t14-,22?/m1/s1. The molecule has 22 heavy (non-hydrogen) atoms. The molecule has 0 aromatic heterocycles. The maximum Gasteiger partial charge on any atom is 0.293 e. The molecule has 1 unspecified atom stereocenters. The first-order chi connectivity index (χ1) is 10.2. The Morgan fingerprint density at radius 1 is 1.50 bits per heavy atom. The monoisotopic (exact) mass is 395 g/mol. The van der Waals surface area contributed by atoms with Crippen LogP contribution in [0.5, 0.6) is 0 Å². The summed E-state index contributed by atoms with van der Waals surface area (Å²) < 4.78 is 44.9. The fraction of sp³-hybridized carbons (Fsp3) is 0.600. The van der Waals surface area contributed by atoms with Crippen molar-refractivity contribution < 1.29 is 18.1 Å². The van der Waals surface area contributed by atoms with Gasteiger partial charge in [-0.2, -0.15) is 0 Å². The fourth-order valence-corrected chi connectivity index (χ4v) is 4.13. The Balaban J connectivity index is 2.61. The van der Waals surface area contributed by atoms with Crippen molar-refractivity contribution in [2.24, 2.45) is 0 Å². The largest absolute Gasteiger partial charge is 0.390 e. The van der Waals surface area contributed by atoms with Crippen molar-refractivity contribution in [2.45, 2.75) is 49.8 Å². The lowest BCUT2D eigenvalue weighted by Gasteiger charge is -2.44. The maximum absolute atomic E-state index is 14.7. The minimum absolute atomic E-state index is 0.127. The van der Waals surface area contributed by atoms with E-state index in [1.165, 1.54) is 0 Å². The van der Waals surface area contributed by atoms with Crippen LogP contribution in [0.1, 0.15) is 37.8 Å². The first-order valence-electron chi connectivity index (χ1n) is 7.19. The highest BCUT2D eigenvalue weighted by molar-refractivity contribution is 9.10. The van der Waals surface area contributed by atoms with Gasteiger partial charge in [0.2, 0.25) is 0 Å². The van der Waals surface area contributed by atoms with Crippen LogP contribution in [0.2, 0.25) is 0 Å². The number of hydrogen-bond acceptors (Lipinski definition) is 2. The molecule has 1 aromatic rings. The van der Waals surface area contributed by atoms with Crippen molar-refractivity contribution in [3.8, 4) is 0 Å². The summed E-state index contributed by atoms with van der Waals surface area (Å²) in [5.41, 5.74) is -0.592. The molecule has 0 radical (unpaired) electrons. The van der Waals surface area contributed by atoms with Crippen molar-refractivity contribution in [2.75, 3.05) is 6.61 Å². The average molecular weight is 396 g/mol. The van der Waals surface area contributed by atoms with Crippen LogP contribution in [0.3, 0.4) is 0 Å². The Hall–Kier alpha value is -0.370. The highest BCUT2D eigenvalue weighted by atomic mass is 79.9. The van der Waals surface area contributed by atoms with Gasteiger partial charge in [-0.15, -0.1) is 0 Å². The third-order valence-corrected chi connectivity index (χ3v) is 5.95. The van der Waals surface area contributed by atoms with Crippen molar-refractivity contribution in [3.05, 3.63) is 33.8 Å². The number of nitrogens with one attached hydrogen (secondary N) is 1. The quantitative estimate of drug-likeness (QED) is 0.803. The van der Waals surface area contributed by atoms with Gasteiger partial charge in [0, 0.05) is 9.72 Å². The van der Waals surface area contributed by atoms with E-state index in [1.807, 2.05) is 6.07 Å². The molecule has 0 aliphatic heterocycles. The number of hydrogen-bond donors (Lipinski definition) is 2. The Morgan fingerprint density at radius 2 is 2.18 bits per heavy atom. The number of rotatable bonds is 5. The molecule has 2 atom stereocenters.